The molecule has 1 rings (SSSR count). The molecule has 0 amide bonds. The number of aromatic hydroxyl groups is 1. The number of phenolic OH excluding ortho intramolecular Hbond substituents is 1. The van der Waals surface area contributed by atoms with Crippen LogP contribution < -0.4 is 0 Å². The van der Waals surface area contributed by atoms with E-state index in [0.29, 0.717) is 25.2 Å². The van der Waals surface area contributed by atoms with Gasteiger partial charge in [0, 0.05) is 6.42 Å². The van der Waals surface area contributed by atoms with Crippen molar-refractivity contribution in [1.82, 2.24) is 0 Å². The number of hydrogen-bond donors (Lipinski definition) is 1. The normalized spacial score (nSPS) is 11.7. The Hall–Kier alpha value is -1.51. The lowest BCUT2D eigenvalue weighted by Crippen LogP contribution is -2.13. The zero-order valence-corrected chi connectivity index (χ0v) is 24.6. The lowest BCUT2D eigenvalue weighted by atomic mass is 9.83. The Morgan fingerprint density at radius 3 is 1.67 bits per heavy atom. The molecule has 0 heterocycles. The summed E-state index contributed by atoms with van der Waals surface area (Å²) in [5.74, 6) is 0.291. The van der Waals surface area contributed by atoms with E-state index in [0.717, 1.165) is 36.0 Å². The van der Waals surface area contributed by atoms with E-state index in [1.165, 1.54) is 89.9 Å². The van der Waals surface area contributed by atoms with Gasteiger partial charge < -0.3 is 9.84 Å². The highest BCUT2D eigenvalue weighted by molar-refractivity contribution is 5.69. The van der Waals surface area contributed by atoms with E-state index in [4.69, 9.17) is 4.74 Å². The standard InChI is InChI=1S/C33H58O3/c1-6-8-9-10-11-12-13-14-15-16-17-18-19-20-21-22-25-36-31(34)24-23-28-26-29(7-2)32(35)30(27-28)33(3,4)5/h26-27,35H,6-25H2,1-5H3. The van der Waals surface area contributed by atoms with E-state index in [2.05, 4.69) is 40.7 Å². The molecule has 208 valence electrons. The zero-order valence-electron chi connectivity index (χ0n) is 24.6. The Morgan fingerprint density at radius 2 is 1.22 bits per heavy atom. The summed E-state index contributed by atoms with van der Waals surface area (Å²) in [7, 11) is 0. The van der Waals surface area contributed by atoms with Crippen LogP contribution in [0.2, 0.25) is 0 Å². The van der Waals surface area contributed by atoms with Gasteiger partial charge in [-0.2, -0.15) is 0 Å². The molecular weight excluding hydrogens is 444 g/mol. The lowest BCUT2D eigenvalue weighted by molar-refractivity contribution is -0.143. The van der Waals surface area contributed by atoms with Crippen LogP contribution in [0.15, 0.2) is 12.1 Å². The first-order valence-electron chi connectivity index (χ1n) is 15.3. The Labute approximate surface area is 223 Å². The summed E-state index contributed by atoms with van der Waals surface area (Å²) in [6, 6.07) is 4.09. The van der Waals surface area contributed by atoms with E-state index >= 15 is 0 Å². The Morgan fingerprint density at radius 1 is 0.750 bits per heavy atom. The van der Waals surface area contributed by atoms with Crippen LogP contribution in [-0.2, 0) is 27.8 Å². The summed E-state index contributed by atoms with van der Waals surface area (Å²) in [5.41, 5.74) is 2.89. The number of carbonyl (C=O) groups is 1. The van der Waals surface area contributed by atoms with Gasteiger partial charge in [-0.3, -0.25) is 4.79 Å². The fourth-order valence-electron chi connectivity index (χ4n) is 4.90. The van der Waals surface area contributed by atoms with Crippen molar-refractivity contribution in [3.63, 3.8) is 0 Å². The lowest BCUT2D eigenvalue weighted by Gasteiger charge is -2.23. The van der Waals surface area contributed by atoms with E-state index < -0.39 is 0 Å². The van der Waals surface area contributed by atoms with Gasteiger partial charge in [-0.15, -0.1) is 0 Å². The van der Waals surface area contributed by atoms with Crippen LogP contribution >= 0.6 is 0 Å². The van der Waals surface area contributed by atoms with E-state index in [9.17, 15) is 9.90 Å². The Kier molecular flexibility index (Phi) is 17.7. The summed E-state index contributed by atoms with van der Waals surface area (Å²) < 4.78 is 5.47. The van der Waals surface area contributed by atoms with Crippen molar-refractivity contribution in [2.24, 2.45) is 0 Å². The fraction of sp³-hybridized carbons (Fsp3) is 0.788. The van der Waals surface area contributed by atoms with Crippen LogP contribution in [0, 0.1) is 0 Å². The second-order valence-corrected chi connectivity index (χ2v) is 11.8. The highest BCUT2D eigenvalue weighted by Gasteiger charge is 2.21. The average Bonchev–Trinajstić information content (AvgIpc) is 2.84. The second-order valence-electron chi connectivity index (χ2n) is 11.8. The third-order valence-corrected chi connectivity index (χ3v) is 7.32. The number of phenols is 1. The molecule has 0 unspecified atom stereocenters. The number of carbonyl (C=O) groups excluding carboxylic acids is 1. The molecule has 0 atom stereocenters. The van der Waals surface area contributed by atoms with Crippen molar-refractivity contribution in [3.05, 3.63) is 28.8 Å². The monoisotopic (exact) mass is 502 g/mol. The van der Waals surface area contributed by atoms with Gasteiger partial charge in [0.15, 0.2) is 0 Å². The molecule has 0 aliphatic heterocycles. The van der Waals surface area contributed by atoms with Gasteiger partial charge in [0.2, 0.25) is 0 Å². The van der Waals surface area contributed by atoms with E-state index in [-0.39, 0.29) is 11.4 Å². The van der Waals surface area contributed by atoms with Crippen molar-refractivity contribution in [1.29, 1.82) is 0 Å². The minimum Gasteiger partial charge on any atom is -0.507 e. The van der Waals surface area contributed by atoms with Crippen molar-refractivity contribution in [3.8, 4) is 5.75 Å². The van der Waals surface area contributed by atoms with E-state index in [1.54, 1.807) is 0 Å². The maximum Gasteiger partial charge on any atom is 0.306 e. The van der Waals surface area contributed by atoms with Crippen LogP contribution in [0.5, 0.6) is 5.75 Å². The van der Waals surface area contributed by atoms with Gasteiger partial charge in [0.25, 0.3) is 0 Å². The first-order chi connectivity index (χ1) is 17.3. The molecule has 0 fully saturated rings. The molecule has 0 saturated heterocycles. The van der Waals surface area contributed by atoms with Gasteiger partial charge in [-0.1, -0.05) is 143 Å². The van der Waals surface area contributed by atoms with Crippen LogP contribution in [0.25, 0.3) is 0 Å². The summed E-state index contributed by atoms with van der Waals surface area (Å²) >= 11 is 0. The highest BCUT2D eigenvalue weighted by Crippen LogP contribution is 2.35. The first kappa shape index (κ1) is 32.5. The predicted molar refractivity (Wildman–Crippen MR) is 155 cm³/mol. The Balaban J connectivity index is 2.03. The number of hydrogen-bond acceptors (Lipinski definition) is 3. The van der Waals surface area contributed by atoms with Crippen molar-refractivity contribution in [2.45, 2.75) is 162 Å². The van der Waals surface area contributed by atoms with Gasteiger partial charge in [-0.05, 0) is 41.4 Å². The van der Waals surface area contributed by atoms with Crippen LogP contribution in [-0.4, -0.2) is 17.7 Å². The van der Waals surface area contributed by atoms with Crippen LogP contribution in [0.4, 0.5) is 0 Å². The van der Waals surface area contributed by atoms with Crippen molar-refractivity contribution in [2.75, 3.05) is 6.61 Å². The van der Waals surface area contributed by atoms with Crippen molar-refractivity contribution < 1.29 is 14.6 Å². The van der Waals surface area contributed by atoms with Gasteiger partial charge in [-0.25, -0.2) is 0 Å². The summed E-state index contributed by atoms with van der Waals surface area (Å²) in [6.07, 6.45) is 23.4. The first-order valence-corrected chi connectivity index (χ1v) is 15.3. The Bertz CT molecular complexity index is 702. The minimum atomic E-state index is -0.127. The molecule has 0 radical (unpaired) electrons. The maximum atomic E-state index is 12.2. The molecule has 0 spiro atoms. The molecule has 0 aliphatic carbocycles. The number of benzene rings is 1. The second kappa shape index (κ2) is 19.6. The molecule has 3 heteroatoms. The summed E-state index contributed by atoms with van der Waals surface area (Å²) in [4.78, 5) is 12.2. The molecule has 1 N–H and O–H groups in total. The topological polar surface area (TPSA) is 46.5 Å². The molecule has 0 bridgehead atoms. The average molecular weight is 503 g/mol. The number of unbranched alkanes of at least 4 members (excludes halogenated alkanes) is 15. The predicted octanol–water partition coefficient (Wildman–Crippen LogP) is 9.99. The van der Waals surface area contributed by atoms with Crippen LogP contribution in [0.1, 0.15) is 160 Å². The summed E-state index contributed by atoms with van der Waals surface area (Å²) in [6.45, 7) is 11.2. The quantitative estimate of drug-likeness (QED) is 0.134. The maximum absolute atomic E-state index is 12.2. The minimum absolute atomic E-state index is 0.112. The molecule has 1 aromatic rings. The SMILES string of the molecule is CCCCCCCCCCCCCCCCCCOC(=O)CCc1cc(CC)c(O)c(C(C)(C)C)c1. The third-order valence-electron chi connectivity index (χ3n) is 7.32. The number of aryl methyl sites for hydroxylation is 2. The highest BCUT2D eigenvalue weighted by atomic mass is 16.5. The number of ether oxygens (including phenoxy) is 1. The molecule has 0 saturated carbocycles. The number of esters is 1. The number of rotatable bonds is 21. The molecule has 1 aromatic carbocycles. The van der Waals surface area contributed by atoms with Gasteiger partial charge in [0.05, 0.1) is 6.61 Å². The largest absolute Gasteiger partial charge is 0.507 e. The smallest absolute Gasteiger partial charge is 0.306 e. The molecule has 36 heavy (non-hydrogen) atoms. The van der Waals surface area contributed by atoms with Crippen molar-refractivity contribution >= 4 is 5.97 Å². The fourth-order valence-corrected chi connectivity index (χ4v) is 4.90. The van der Waals surface area contributed by atoms with Crippen LogP contribution in [0.3, 0.4) is 0 Å². The molecular formula is C33H58O3. The van der Waals surface area contributed by atoms with Gasteiger partial charge >= 0.3 is 5.97 Å². The van der Waals surface area contributed by atoms with E-state index in [1.807, 2.05) is 6.07 Å². The molecule has 0 aliphatic rings. The molecule has 0 aromatic heterocycles. The summed E-state index contributed by atoms with van der Waals surface area (Å²) in [5, 5.41) is 10.5. The molecule has 3 nitrogen and oxygen atoms in total. The van der Waals surface area contributed by atoms with Gasteiger partial charge in [0.1, 0.15) is 5.75 Å². The zero-order chi connectivity index (χ0) is 26.7. The third kappa shape index (κ3) is 14.9.